The summed E-state index contributed by atoms with van der Waals surface area (Å²) in [6.07, 6.45) is 0.785. The highest BCUT2D eigenvalue weighted by Crippen LogP contribution is 2.08. The second-order valence-corrected chi connectivity index (χ2v) is 3.49. The van der Waals surface area contributed by atoms with Gasteiger partial charge in [0.1, 0.15) is 6.04 Å². The van der Waals surface area contributed by atoms with Crippen molar-refractivity contribution in [2.24, 2.45) is 5.73 Å². The third kappa shape index (κ3) is 3.37. The number of methoxy groups -OCH3 is 1. The predicted octanol–water partition coefficient (Wildman–Crippen LogP) is 0.795. The van der Waals surface area contributed by atoms with Gasteiger partial charge in [0.15, 0.2) is 0 Å². The fourth-order valence-electron chi connectivity index (χ4n) is 1.45. The molecule has 1 atom stereocenters. The zero-order valence-electron chi connectivity index (χ0n) is 9.14. The molecule has 0 aliphatic carbocycles. The summed E-state index contributed by atoms with van der Waals surface area (Å²) >= 11 is 0. The number of benzene rings is 1. The van der Waals surface area contributed by atoms with Crippen LogP contribution in [-0.4, -0.2) is 19.1 Å². The van der Waals surface area contributed by atoms with E-state index in [1.807, 2.05) is 24.3 Å². The molecule has 0 aromatic heterocycles. The van der Waals surface area contributed by atoms with E-state index >= 15 is 0 Å². The molecular formula is C12H14N2O2. The highest BCUT2D eigenvalue weighted by atomic mass is 16.5. The Balaban J connectivity index is 2.70. The Morgan fingerprint density at radius 3 is 2.88 bits per heavy atom. The van der Waals surface area contributed by atoms with Gasteiger partial charge in [-0.25, -0.2) is 0 Å². The van der Waals surface area contributed by atoms with E-state index in [9.17, 15) is 4.79 Å². The smallest absolute Gasteiger partial charge is 0.322 e. The van der Waals surface area contributed by atoms with Gasteiger partial charge in [0.25, 0.3) is 0 Å². The number of nitriles is 1. The Kier molecular flexibility index (Phi) is 4.49. The molecule has 1 aromatic rings. The van der Waals surface area contributed by atoms with Gasteiger partial charge < -0.3 is 10.5 Å². The lowest BCUT2D eigenvalue weighted by atomic mass is 10.0. The summed E-state index contributed by atoms with van der Waals surface area (Å²) in [5.74, 6) is -0.425. The summed E-state index contributed by atoms with van der Waals surface area (Å²) in [6.45, 7) is 0. The van der Waals surface area contributed by atoms with Crippen LogP contribution in [0.3, 0.4) is 0 Å². The third-order valence-corrected chi connectivity index (χ3v) is 2.23. The Morgan fingerprint density at radius 2 is 2.25 bits per heavy atom. The molecule has 0 spiro atoms. The van der Waals surface area contributed by atoms with Crippen LogP contribution in [0.15, 0.2) is 24.3 Å². The maximum absolute atomic E-state index is 11.1. The van der Waals surface area contributed by atoms with Gasteiger partial charge in [-0.15, -0.1) is 0 Å². The second-order valence-electron chi connectivity index (χ2n) is 3.49. The molecule has 0 aliphatic heterocycles. The van der Waals surface area contributed by atoms with Crippen LogP contribution in [-0.2, 0) is 22.4 Å². The molecule has 0 saturated heterocycles. The van der Waals surface area contributed by atoms with E-state index in [4.69, 9.17) is 11.0 Å². The molecule has 1 rings (SSSR count). The monoisotopic (exact) mass is 218 g/mol. The van der Waals surface area contributed by atoms with E-state index in [-0.39, 0.29) is 0 Å². The number of carbonyl (C=O) groups is 1. The highest BCUT2D eigenvalue weighted by molar-refractivity contribution is 5.75. The fraction of sp³-hybridized carbons (Fsp3) is 0.333. The predicted molar refractivity (Wildman–Crippen MR) is 59.5 cm³/mol. The average Bonchev–Trinajstić information content (AvgIpc) is 2.29. The van der Waals surface area contributed by atoms with E-state index in [1.165, 1.54) is 7.11 Å². The molecule has 0 heterocycles. The molecule has 0 unspecified atom stereocenters. The maximum atomic E-state index is 11.1. The minimum absolute atomic E-state index is 0.362. The molecule has 84 valence electrons. The summed E-state index contributed by atoms with van der Waals surface area (Å²) in [5.41, 5.74) is 7.51. The van der Waals surface area contributed by atoms with Crippen molar-refractivity contribution in [3.63, 3.8) is 0 Å². The first kappa shape index (κ1) is 12.2. The number of rotatable bonds is 4. The van der Waals surface area contributed by atoms with Crippen molar-refractivity contribution in [2.45, 2.75) is 18.9 Å². The Morgan fingerprint density at radius 1 is 1.56 bits per heavy atom. The number of nitrogens with zero attached hydrogens (tertiary/aromatic N) is 1. The number of ether oxygens (including phenoxy) is 1. The lowest BCUT2D eigenvalue weighted by molar-refractivity contribution is -0.142. The number of esters is 1. The van der Waals surface area contributed by atoms with Crippen molar-refractivity contribution in [2.75, 3.05) is 7.11 Å². The Bertz CT molecular complexity index is 410. The molecule has 16 heavy (non-hydrogen) atoms. The first-order valence-electron chi connectivity index (χ1n) is 4.95. The highest BCUT2D eigenvalue weighted by Gasteiger charge is 2.14. The lowest BCUT2D eigenvalue weighted by Gasteiger charge is -2.09. The van der Waals surface area contributed by atoms with Crippen molar-refractivity contribution in [3.05, 3.63) is 35.4 Å². The van der Waals surface area contributed by atoms with E-state index < -0.39 is 12.0 Å². The van der Waals surface area contributed by atoms with Crippen LogP contribution in [0, 0.1) is 11.3 Å². The zero-order chi connectivity index (χ0) is 12.0. The summed E-state index contributed by atoms with van der Waals surface area (Å²) in [4.78, 5) is 11.1. The van der Waals surface area contributed by atoms with Crippen molar-refractivity contribution < 1.29 is 9.53 Å². The quantitative estimate of drug-likeness (QED) is 0.758. The van der Waals surface area contributed by atoms with Crippen LogP contribution >= 0.6 is 0 Å². The molecule has 0 bridgehead atoms. The molecule has 0 saturated carbocycles. The number of hydrogen-bond acceptors (Lipinski definition) is 4. The summed E-state index contributed by atoms with van der Waals surface area (Å²) in [5, 5.41) is 8.57. The molecule has 0 fully saturated rings. The molecule has 0 aliphatic rings. The normalized spacial score (nSPS) is 11.6. The minimum atomic E-state index is -0.651. The van der Waals surface area contributed by atoms with Gasteiger partial charge in [0, 0.05) is 0 Å². The maximum Gasteiger partial charge on any atom is 0.322 e. The summed E-state index contributed by atoms with van der Waals surface area (Å²) < 4.78 is 4.55. The average molecular weight is 218 g/mol. The van der Waals surface area contributed by atoms with E-state index in [2.05, 4.69) is 10.8 Å². The van der Waals surface area contributed by atoms with Gasteiger partial charge in [-0.2, -0.15) is 5.26 Å². The van der Waals surface area contributed by atoms with Crippen LogP contribution in [0.2, 0.25) is 0 Å². The van der Waals surface area contributed by atoms with E-state index in [1.54, 1.807) is 0 Å². The third-order valence-electron chi connectivity index (χ3n) is 2.23. The van der Waals surface area contributed by atoms with Crippen LogP contribution in [0.5, 0.6) is 0 Å². The van der Waals surface area contributed by atoms with E-state index in [0.29, 0.717) is 12.8 Å². The first-order valence-corrected chi connectivity index (χ1v) is 4.95. The van der Waals surface area contributed by atoms with Gasteiger partial charge >= 0.3 is 5.97 Å². The zero-order valence-corrected chi connectivity index (χ0v) is 9.14. The molecule has 2 N–H and O–H groups in total. The minimum Gasteiger partial charge on any atom is -0.468 e. The molecule has 0 radical (unpaired) electrons. The van der Waals surface area contributed by atoms with Crippen LogP contribution in [0.25, 0.3) is 0 Å². The molecular weight excluding hydrogens is 204 g/mol. The summed E-state index contributed by atoms with van der Waals surface area (Å²) in [7, 11) is 1.31. The van der Waals surface area contributed by atoms with Gasteiger partial charge in [0.2, 0.25) is 0 Å². The molecule has 1 aromatic carbocycles. The Hall–Kier alpha value is -1.86. The fourth-order valence-corrected chi connectivity index (χ4v) is 1.45. The lowest BCUT2D eigenvalue weighted by Crippen LogP contribution is -2.33. The van der Waals surface area contributed by atoms with Crippen molar-refractivity contribution in [3.8, 4) is 6.07 Å². The molecule has 4 heteroatoms. The van der Waals surface area contributed by atoms with Gasteiger partial charge in [0.05, 0.1) is 19.6 Å². The second kappa shape index (κ2) is 5.89. The standard InChI is InChI=1S/C12H14N2O2/c1-16-12(15)11(14)8-10-4-2-3-9(7-10)5-6-13/h2-4,7,11H,5,8,14H2,1H3/t11-/m0/s1. The molecule has 4 nitrogen and oxygen atoms in total. The van der Waals surface area contributed by atoms with Crippen LogP contribution in [0.4, 0.5) is 0 Å². The van der Waals surface area contributed by atoms with Gasteiger partial charge in [-0.1, -0.05) is 24.3 Å². The van der Waals surface area contributed by atoms with Crippen molar-refractivity contribution >= 4 is 5.97 Å². The SMILES string of the molecule is COC(=O)[C@@H](N)Cc1cccc(CC#N)c1. The largest absolute Gasteiger partial charge is 0.468 e. The van der Waals surface area contributed by atoms with Crippen molar-refractivity contribution in [1.29, 1.82) is 5.26 Å². The number of carbonyl (C=O) groups excluding carboxylic acids is 1. The van der Waals surface area contributed by atoms with E-state index in [0.717, 1.165) is 11.1 Å². The number of nitrogens with two attached hydrogens (primary N) is 1. The van der Waals surface area contributed by atoms with Gasteiger partial charge in [-0.3, -0.25) is 4.79 Å². The number of hydrogen-bond donors (Lipinski definition) is 1. The van der Waals surface area contributed by atoms with Crippen molar-refractivity contribution in [1.82, 2.24) is 0 Å². The van der Waals surface area contributed by atoms with Crippen LogP contribution in [0.1, 0.15) is 11.1 Å². The van der Waals surface area contributed by atoms with Crippen LogP contribution < -0.4 is 5.73 Å². The Labute approximate surface area is 94.6 Å². The first-order chi connectivity index (χ1) is 7.67. The summed E-state index contributed by atoms with van der Waals surface area (Å²) in [6, 6.07) is 8.91. The molecule has 0 amide bonds. The van der Waals surface area contributed by atoms with Gasteiger partial charge in [-0.05, 0) is 17.5 Å². The topological polar surface area (TPSA) is 76.1 Å².